The summed E-state index contributed by atoms with van der Waals surface area (Å²) in [7, 11) is 0. The van der Waals surface area contributed by atoms with Crippen LogP contribution in [0.1, 0.15) is 51.6 Å². The number of hydrogen-bond acceptors (Lipinski definition) is 8. The predicted molar refractivity (Wildman–Crippen MR) is 113 cm³/mol. The average molecular weight is 445 g/mol. The molecular formula is C22H23NO7S. The van der Waals surface area contributed by atoms with E-state index in [4.69, 9.17) is 14.2 Å². The van der Waals surface area contributed by atoms with Crippen molar-refractivity contribution in [2.24, 2.45) is 0 Å². The van der Waals surface area contributed by atoms with Gasteiger partial charge in [-0.1, -0.05) is 0 Å². The smallest absolute Gasteiger partial charge is 0.306 e. The molecule has 1 aromatic carbocycles. The summed E-state index contributed by atoms with van der Waals surface area (Å²) in [5, 5.41) is 2.66. The van der Waals surface area contributed by atoms with Crippen LogP contribution in [0.25, 0.3) is 0 Å². The summed E-state index contributed by atoms with van der Waals surface area (Å²) in [5.74, 6) is -0.244. The Bertz CT molecular complexity index is 997. The number of rotatable bonds is 9. The number of carbonyl (C=O) groups excluding carboxylic acids is 4. The number of hydrogen-bond donors (Lipinski definition) is 1. The Morgan fingerprint density at radius 3 is 2.55 bits per heavy atom. The Balaban J connectivity index is 1.48. The van der Waals surface area contributed by atoms with Crippen molar-refractivity contribution in [2.75, 3.05) is 13.2 Å². The normalized spacial score (nSPS) is 13.2. The quantitative estimate of drug-likeness (QED) is 0.467. The molecule has 0 radical (unpaired) electrons. The maximum absolute atomic E-state index is 12.5. The molecule has 1 aromatic heterocycles. The van der Waals surface area contributed by atoms with Crippen molar-refractivity contribution in [1.82, 2.24) is 5.32 Å². The fourth-order valence-electron chi connectivity index (χ4n) is 2.90. The molecule has 1 unspecified atom stereocenters. The largest absolute Gasteiger partial charge is 0.486 e. The summed E-state index contributed by atoms with van der Waals surface area (Å²) >= 11 is 1.23. The lowest BCUT2D eigenvalue weighted by Crippen LogP contribution is -2.24. The van der Waals surface area contributed by atoms with Crippen LogP contribution in [0.4, 0.5) is 0 Å². The minimum atomic E-state index is -0.968. The van der Waals surface area contributed by atoms with E-state index in [1.54, 1.807) is 30.3 Å². The number of ketones is 2. The van der Waals surface area contributed by atoms with E-state index < -0.39 is 12.1 Å². The first-order valence-electron chi connectivity index (χ1n) is 9.83. The second-order valence-electron chi connectivity index (χ2n) is 6.95. The van der Waals surface area contributed by atoms with Crippen molar-refractivity contribution in [2.45, 2.75) is 39.3 Å². The standard InChI is InChI=1S/C22H23NO7S/c1-13(22(27)20-7-4-16(31-20)12-23-14(2)24)30-21(26)8-5-17(25)15-3-6-18-19(11-15)29-10-9-28-18/h3-4,6-7,11,13H,5,8-10,12H2,1-2H3,(H,23,24). The predicted octanol–water partition coefficient (Wildman–Crippen LogP) is 2.93. The molecule has 0 saturated carbocycles. The van der Waals surface area contributed by atoms with Crippen LogP contribution in [-0.2, 0) is 20.9 Å². The van der Waals surface area contributed by atoms with Crippen molar-refractivity contribution >= 4 is 34.8 Å². The van der Waals surface area contributed by atoms with Gasteiger partial charge in [0.1, 0.15) is 13.2 Å². The maximum atomic E-state index is 12.5. The van der Waals surface area contributed by atoms with Gasteiger partial charge < -0.3 is 19.5 Å². The summed E-state index contributed by atoms with van der Waals surface area (Å²) < 4.78 is 16.1. The first kappa shape index (κ1) is 22.5. The van der Waals surface area contributed by atoms with Crippen LogP contribution < -0.4 is 14.8 Å². The number of fused-ring (bicyclic) bond motifs is 1. The first-order valence-corrected chi connectivity index (χ1v) is 10.6. The van der Waals surface area contributed by atoms with Gasteiger partial charge >= 0.3 is 5.97 Å². The number of Topliss-reactive ketones (excluding diaryl/α,β-unsaturated/α-hetero) is 2. The molecule has 1 N–H and O–H groups in total. The number of esters is 1. The molecule has 9 heteroatoms. The third-order valence-corrected chi connectivity index (χ3v) is 5.61. The summed E-state index contributed by atoms with van der Waals surface area (Å²) in [6, 6.07) is 8.28. The molecule has 1 aliphatic heterocycles. The first-order chi connectivity index (χ1) is 14.8. The molecule has 1 aliphatic rings. The molecule has 31 heavy (non-hydrogen) atoms. The summed E-state index contributed by atoms with van der Waals surface area (Å²) in [5.41, 5.74) is 0.423. The van der Waals surface area contributed by atoms with Crippen LogP contribution in [0, 0.1) is 0 Å². The highest BCUT2D eigenvalue weighted by molar-refractivity contribution is 7.14. The van der Waals surface area contributed by atoms with Gasteiger partial charge in [-0.05, 0) is 37.3 Å². The molecular weight excluding hydrogens is 422 g/mol. The van der Waals surface area contributed by atoms with E-state index in [2.05, 4.69) is 5.32 Å². The monoisotopic (exact) mass is 445 g/mol. The van der Waals surface area contributed by atoms with Gasteiger partial charge in [0.05, 0.1) is 17.8 Å². The highest BCUT2D eigenvalue weighted by atomic mass is 32.1. The Labute approximate surface area is 183 Å². The van der Waals surface area contributed by atoms with Crippen LogP contribution in [0.15, 0.2) is 30.3 Å². The Hall–Kier alpha value is -3.20. The zero-order chi connectivity index (χ0) is 22.4. The summed E-state index contributed by atoms with van der Waals surface area (Å²) in [6.07, 6.45) is -1.15. The SMILES string of the molecule is CC(=O)NCc1ccc(C(=O)C(C)OC(=O)CCC(=O)c2ccc3c(c2)OCCO3)s1. The third kappa shape index (κ3) is 6.14. The van der Waals surface area contributed by atoms with E-state index in [-0.39, 0.29) is 30.3 Å². The molecule has 8 nitrogen and oxygen atoms in total. The summed E-state index contributed by atoms with van der Waals surface area (Å²) in [4.78, 5) is 49.2. The molecule has 1 atom stereocenters. The second kappa shape index (κ2) is 10.2. The molecule has 1 amide bonds. The minimum absolute atomic E-state index is 0.0424. The van der Waals surface area contributed by atoms with Crippen molar-refractivity contribution < 1.29 is 33.4 Å². The lowest BCUT2D eigenvalue weighted by atomic mass is 10.1. The Kier molecular flexibility index (Phi) is 7.41. The van der Waals surface area contributed by atoms with E-state index in [9.17, 15) is 19.2 Å². The lowest BCUT2D eigenvalue weighted by Gasteiger charge is -2.18. The van der Waals surface area contributed by atoms with Crippen LogP contribution in [-0.4, -0.2) is 42.8 Å². The van der Waals surface area contributed by atoms with Crippen LogP contribution in [0.3, 0.4) is 0 Å². The molecule has 3 rings (SSSR count). The minimum Gasteiger partial charge on any atom is -0.486 e. The van der Waals surface area contributed by atoms with Crippen LogP contribution in [0.5, 0.6) is 11.5 Å². The highest BCUT2D eigenvalue weighted by Crippen LogP contribution is 2.31. The van der Waals surface area contributed by atoms with Crippen molar-refractivity contribution in [3.8, 4) is 11.5 Å². The highest BCUT2D eigenvalue weighted by Gasteiger charge is 2.22. The Morgan fingerprint density at radius 1 is 1.06 bits per heavy atom. The number of ether oxygens (including phenoxy) is 3. The van der Waals surface area contributed by atoms with Crippen molar-refractivity contribution in [3.63, 3.8) is 0 Å². The molecule has 2 aromatic rings. The zero-order valence-corrected chi connectivity index (χ0v) is 18.1. The van der Waals surface area contributed by atoms with Crippen LogP contribution >= 0.6 is 11.3 Å². The molecule has 164 valence electrons. The number of benzene rings is 1. The van der Waals surface area contributed by atoms with Gasteiger partial charge in [0.2, 0.25) is 11.7 Å². The zero-order valence-electron chi connectivity index (χ0n) is 17.3. The van der Waals surface area contributed by atoms with E-state index in [0.717, 1.165) is 4.88 Å². The molecule has 0 saturated heterocycles. The van der Waals surface area contributed by atoms with Gasteiger partial charge in [0, 0.05) is 23.8 Å². The van der Waals surface area contributed by atoms with Gasteiger partial charge in [-0.15, -0.1) is 11.3 Å². The Morgan fingerprint density at radius 2 is 1.81 bits per heavy atom. The number of amides is 1. The maximum Gasteiger partial charge on any atom is 0.306 e. The van der Waals surface area contributed by atoms with Crippen molar-refractivity contribution in [3.05, 3.63) is 45.6 Å². The molecule has 0 bridgehead atoms. The van der Waals surface area contributed by atoms with Crippen LogP contribution in [0.2, 0.25) is 0 Å². The summed E-state index contributed by atoms with van der Waals surface area (Å²) in [6.45, 7) is 4.13. The topological polar surface area (TPSA) is 108 Å². The lowest BCUT2D eigenvalue weighted by molar-refractivity contribution is -0.146. The molecule has 0 aliphatic carbocycles. The molecule has 0 fully saturated rings. The second-order valence-corrected chi connectivity index (χ2v) is 8.12. The van der Waals surface area contributed by atoms with Gasteiger partial charge in [0.25, 0.3) is 0 Å². The number of thiophene rings is 1. The van der Waals surface area contributed by atoms with E-state index in [1.807, 2.05) is 0 Å². The fourth-order valence-corrected chi connectivity index (χ4v) is 3.87. The molecule has 2 heterocycles. The van der Waals surface area contributed by atoms with Gasteiger partial charge in [0.15, 0.2) is 23.4 Å². The fraction of sp³-hybridized carbons (Fsp3) is 0.364. The van der Waals surface area contributed by atoms with Gasteiger partial charge in [-0.3, -0.25) is 19.2 Å². The van der Waals surface area contributed by atoms with E-state index in [0.29, 0.717) is 41.7 Å². The van der Waals surface area contributed by atoms with Gasteiger partial charge in [-0.2, -0.15) is 0 Å². The average Bonchev–Trinajstić information content (AvgIpc) is 3.24. The third-order valence-electron chi connectivity index (χ3n) is 4.51. The van der Waals surface area contributed by atoms with E-state index in [1.165, 1.54) is 25.2 Å². The molecule has 0 spiro atoms. The van der Waals surface area contributed by atoms with Gasteiger partial charge in [-0.25, -0.2) is 0 Å². The number of nitrogens with one attached hydrogen (secondary N) is 1. The van der Waals surface area contributed by atoms with E-state index >= 15 is 0 Å². The van der Waals surface area contributed by atoms with Crippen molar-refractivity contribution in [1.29, 1.82) is 0 Å². The number of carbonyl (C=O) groups is 4.